The van der Waals surface area contributed by atoms with E-state index < -0.39 is 0 Å². The number of anilines is 2. The second-order valence-corrected chi connectivity index (χ2v) is 3.69. The smallest absolute Gasteiger partial charge is 0.295 e. The summed E-state index contributed by atoms with van der Waals surface area (Å²) in [6.45, 7) is 2.35. The number of fused-ring (bicyclic) bond motifs is 1. The molecule has 5 heteroatoms. The van der Waals surface area contributed by atoms with Crippen LogP contribution in [0.5, 0.6) is 0 Å². The van der Waals surface area contributed by atoms with E-state index in [0.29, 0.717) is 35.8 Å². The predicted octanol–water partition coefficient (Wildman–Crippen LogP) is 1.59. The number of rotatable bonds is 4. The Kier molecular flexibility index (Phi) is 2.96. The zero-order chi connectivity index (χ0) is 11.5. The lowest BCUT2D eigenvalue weighted by Crippen LogP contribution is -2.18. The Morgan fingerprint density at radius 3 is 3.12 bits per heavy atom. The number of nitrogens with zero attached hydrogens (tertiary/aromatic N) is 1. The van der Waals surface area contributed by atoms with Gasteiger partial charge in [-0.1, -0.05) is 6.92 Å². The second kappa shape index (κ2) is 4.40. The third kappa shape index (κ3) is 2.25. The monoisotopic (exact) mass is 221 g/mol. The molecule has 86 valence electrons. The zero-order valence-corrected chi connectivity index (χ0v) is 9.10. The van der Waals surface area contributed by atoms with Gasteiger partial charge in [0, 0.05) is 12.2 Å². The maximum absolute atomic E-state index is 9.39. The Balaban J connectivity index is 2.13. The minimum absolute atomic E-state index is 0.389. The summed E-state index contributed by atoms with van der Waals surface area (Å²) in [6, 6.07) is 5.70. The van der Waals surface area contributed by atoms with Crippen LogP contribution in [0.4, 0.5) is 11.7 Å². The number of aliphatic hydroxyl groups is 1. The first-order valence-electron chi connectivity index (χ1n) is 5.27. The predicted molar refractivity (Wildman–Crippen MR) is 63.2 cm³/mol. The maximum atomic E-state index is 9.39. The molecule has 0 bridgehead atoms. The molecule has 0 radical (unpaired) electrons. The molecule has 4 N–H and O–H groups in total. The summed E-state index contributed by atoms with van der Waals surface area (Å²) >= 11 is 0. The van der Waals surface area contributed by atoms with Crippen molar-refractivity contribution in [2.75, 3.05) is 17.6 Å². The van der Waals surface area contributed by atoms with Crippen LogP contribution in [0.3, 0.4) is 0 Å². The number of nitrogens with two attached hydrogens (primary N) is 1. The first-order chi connectivity index (χ1) is 7.69. The highest BCUT2D eigenvalue weighted by Gasteiger charge is 2.07. The number of hydrogen-bond donors (Lipinski definition) is 3. The molecule has 0 saturated heterocycles. The average molecular weight is 221 g/mol. The van der Waals surface area contributed by atoms with Crippen LogP contribution in [-0.2, 0) is 0 Å². The van der Waals surface area contributed by atoms with Gasteiger partial charge in [0.15, 0.2) is 5.58 Å². The molecule has 1 unspecified atom stereocenters. The molecule has 1 aromatic carbocycles. The lowest BCUT2D eigenvalue weighted by molar-refractivity contribution is 0.182. The molecule has 0 fully saturated rings. The van der Waals surface area contributed by atoms with E-state index in [2.05, 4.69) is 10.3 Å². The second-order valence-electron chi connectivity index (χ2n) is 3.69. The first-order valence-corrected chi connectivity index (χ1v) is 5.27. The normalized spacial score (nSPS) is 12.9. The van der Waals surface area contributed by atoms with Gasteiger partial charge >= 0.3 is 0 Å². The Labute approximate surface area is 93.3 Å². The lowest BCUT2D eigenvalue weighted by Gasteiger charge is -2.06. The van der Waals surface area contributed by atoms with E-state index in [1.807, 2.05) is 6.92 Å². The highest BCUT2D eigenvalue weighted by atomic mass is 16.4. The van der Waals surface area contributed by atoms with Crippen LogP contribution in [0.25, 0.3) is 11.1 Å². The van der Waals surface area contributed by atoms with Gasteiger partial charge in [0.25, 0.3) is 6.01 Å². The Morgan fingerprint density at radius 1 is 1.56 bits per heavy atom. The summed E-state index contributed by atoms with van der Waals surface area (Å²) in [6.07, 6.45) is 0.306. The molecule has 2 aromatic rings. The van der Waals surface area contributed by atoms with E-state index in [0.717, 1.165) is 0 Å². The van der Waals surface area contributed by atoms with Crippen molar-refractivity contribution in [1.82, 2.24) is 4.98 Å². The van der Waals surface area contributed by atoms with Crippen molar-refractivity contribution in [2.45, 2.75) is 19.4 Å². The van der Waals surface area contributed by atoms with E-state index in [9.17, 15) is 5.11 Å². The number of aliphatic hydroxyl groups excluding tert-OH is 1. The number of benzene rings is 1. The molecule has 0 aliphatic carbocycles. The third-order valence-corrected chi connectivity index (χ3v) is 2.37. The Morgan fingerprint density at radius 2 is 2.38 bits per heavy atom. The fourth-order valence-electron chi connectivity index (χ4n) is 1.37. The van der Waals surface area contributed by atoms with Crippen LogP contribution in [0, 0.1) is 0 Å². The fourth-order valence-corrected chi connectivity index (χ4v) is 1.37. The van der Waals surface area contributed by atoms with Crippen molar-refractivity contribution in [3.63, 3.8) is 0 Å². The van der Waals surface area contributed by atoms with Gasteiger partial charge in [-0.2, -0.15) is 4.98 Å². The molecule has 0 amide bonds. The minimum atomic E-state index is -0.389. The number of nitrogen functional groups attached to an aromatic ring is 1. The lowest BCUT2D eigenvalue weighted by atomic mass is 10.3. The van der Waals surface area contributed by atoms with Crippen molar-refractivity contribution in [1.29, 1.82) is 0 Å². The number of nitrogens with one attached hydrogen (secondary N) is 1. The quantitative estimate of drug-likeness (QED) is 0.683. The van der Waals surface area contributed by atoms with E-state index >= 15 is 0 Å². The SMILES string of the molecule is CCC(O)CNc1nc2cc(N)ccc2o1. The molecule has 5 nitrogen and oxygen atoms in total. The molecular weight excluding hydrogens is 206 g/mol. The van der Waals surface area contributed by atoms with Crippen LogP contribution >= 0.6 is 0 Å². The van der Waals surface area contributed by atoms with Gasteiger partial charge < -0.3 is 20.6 Å². The standard InChI is InChI=1S/C11H15N3O2/c1-2-8(15)6-13-11-14-9-5-7(12)3-4-10(9)16-11/h3-5,8,15H,2,6,12H2,1H3,(H,13,14). The molecule has 1 atom stereocenters. The topological polar surface area (TPSA) is 84.3 Å². The third-order valence-electron chi connectivity index (χ3n) is 2.37. The largest absolute Gasteiger partial charge is 0.424 e. The van der Waals surface area contributed by atoms with Gasteiger partial charge in [0.2, 0.25) is 0 Å². The van der Waals surface area contributed by atoms with E-state index in [-0.39, 0.29) is 6.10 Å². The molecule has 0 saturated carbocycles. The summed E-state index contributed by atoms with van der Waals surface area (Å²) in [5, 5.41) is 12.3. The molecule has 2 rings (SSSR count). The van der Waals surface area contributed by atoms with Crippen molar-refractivity contribution < 1.29 is 9.52 Å². The van der Waals surface area contributed by atoms with Gasteiger partial charge in [0.1, 0.15) is 5.52 Å². The molecule has 1 aromatic heterocycles. The zero-order valence-electron chi connectivity index (χ0n) is 9.10. The summed E-state index contributed by atoms with van der Waals surface area (Å²) in [4.78, 5) is 4.21. The van der Waals surface area contributed by atoms with Gasteiger partial charge in [-0.05, 0) is 24.6 Å². The van der Waals surface area contributed by atoms with E-state index in [1.54, 1.807) is 18.2 Å². The maximum Gasteiger partial charge on any atom is 0.295 e. The van der Waals surface area contributed by atoms with Crippen molar-refractivity contribution >= 4 is 22.8 Å². The molecule has 16 heavy (non-hydrogen) atoms. The van der Waals surface area contributed by atoms with Gasteiger partial charge in [-0.3, -0.25) is 0 Å². The van der Waals surface area contributed by atoms with Crippen molar-refractivity contribution in [2.24, 2.45) is 0 Å². The summed E-state index contributed by atoms with van der Waals surface area (Å²) in [5.41, 5.74) is 7.69. The van der Waals surface area contributed by atoms with Gasteiger partial charge in [0.05, 0.1) is 6.10 Å². The van der Waals surface area contributed by atoms with Crippen LogP contribution in [0.15, 0.2) is 22.6 Å². The molecule has 1 heterocycles. The van der Waals surface area contributed by atoms with Crippen molar-refractivity contribution in [3.8, 4) is 0 Å². The first kappa shape index (κ1) is 10.8. The Bertz CT molecular complexity index is 481. The number of aromatic nitrogens is 1. The fraction of sp³-hybridized carbons (Fsp3) is 0.364. The van der Waals surface area contributed by atoms with Crippen LogP contribution in [0.1, 0.15) is 13.3 Å². The minimum Gasteiger partial charge on any atom is -0.424 e. The average Bonchev–Trinajstić information content (AvgIpc) is 2.67. The molecule has 0 aliphatic rings. The van der Waals surface area contributed by atoms with Crippen LogP contribution < -0.4 is 11.1 Å². The highest BCUT2D eigenvalue weighted by molar-refractivity contribution is 5.78. The van der Waals surface area contributed by atoms with Crippen LogP contribution in [-0.4, -0.2) is 22.7 Å². The molecule has 0 spiro atoms. The van der Waals surface area contributed by atoms with E-state index in [1.165, 1.54) is 0 Å². The molecule has 0 aliphatic heterocycles. The van der Waals surface area contributed by atoms with Gasteiger partial charge in [-0.15, -0.1) is 0 Å². The molecular formula is C11H15N3O2. The summed E-state index contributed by atoms with van der Waals surface area (Å²) in [7, 11) is 0. The number of oxazole rings is 1. The summed E-state index contributed by atoms with van der Waals surface area (Å²) < 4.78 is 5.43. The van der Waals surface area contributed by atoms with Crippen molar-refractivity contribution in [3.05, 3.63) is 18.2 Å². The van der Waals surface area contributed by atoms with E-state index in [4.69, 9.17) is 10.2 Å². The highest BCUT2D eigenvalue weighted by Crippen LogP contribution is 2.20. The number of hydrogen-bond acceptors (Lipinski definition) is 5. The summed E-state index contributed by atoms with van der Waals surface area (Å²) in [5.74, 6) is 0. The van der Waals surface area contributed by atoms with Crippen LogP contribution in [0.2, 0.25) is 0 Å². The Hall–Kier alpha value is -1.75. The van der Waals surface area contributed by atoms with Gasteiger partial charge in [-0.25, -0.2) is 0 Å².